The fraction of sp³-hybridized carbons (Fsp3) is 0.135. The number of benzene rings is 6. The molecule has 0 fully saturated rings. The second-order valence-corrected chi connectivity index (χ2v) is 15.2. The summed E-state index contributed by atoms with van der Waals surface area (Å²) >= 11 is 0. The van der Waals surface area contributed by atoms with Crippen LogP contribution in [0.15, 0.2) is 193 Å². The van der Waals surface area contributed by atoms with Crippen molar-refractivity contribution in [3.8, 4) is 22.6 Å². The monoisotopic (exact) mass is 725 g/mol. The number of hydrogen-bond acceptors (Lipinski definition) is 3. The largest absolute Gasteiger partial charge is 0.507 e. The second kappa shape index (κ2) is 14.2. The van der Waals surface area contributed by atoms with Crippen LogP contribution in [0.25, 0.3) is 38.6 Å². The van der Waals surface area contributed by atoms with E-state index in [0.29, 0.717) is 18.2 Å². The number of para-hydroxylation sites is 1. The summed E-state index contributed by atoms with van der Waals surface area (Å²) in [6, 6.07) is 50.0. The van der Waals surface area contributed by atoms with E-state index in [9.17, 15) is 5.11 Å². The first kappa shape index (κ1) is 33.9. The van der Waals surface area contributed by atoms with Gasteiger partial charge in [0.1, 0.15) is 5.75 Å². The van der Waals surface area contributed by atoms with Crippen molar-refractivity contribution in [1.29, 1.82) is 0 Å². The number of allylic oxidation sites excluding steroid dienone is 7. The average Bonchev–Trinajstić information content (AvgIpc) is 3.61. The maximum atomic E-state index is 12.7. The molecule has 2 atom stereocenters. The summed E-state index contributed by atoms with van der Waals surface area (Å²) in [6.07, 6.45) is 21.5. The molecule has 0 radical (unpaired) electrons. The van der Waals surface area contributed by atoms with Crippen LogP contribution in [-0.2, 0) is 12.0 Å². The third-order valence-corrected chi connectivity index (χ3v) is 11.8. The van der Waals surface area contributed by atoms with Crippen LogP contribution >= 0.6 is 0 Å². The van der Waals surface area contributed by atoms with Crippen LogP contribution in [0, 0.1) is 11.8 Å². The van der Waals surface area contributed by atoms with Gasteiger partial charge in [-0.25, -0.2) is 0 Å². The lowest BCUT2D eigenvalue weighted by atomic mass is 9.62. The zero-order valence-corrected chi connectivity index (χ0v) is 31.2. The lowest BCUT2D eigenvalue weighted by Gasteiger charge is -2.42. The average molecular weight is 726 g/mol. The highest BCUT2D eigenvalue weighted by Gasteiger charge is 2.46. The molecule has 0 saturated carbocycles. The Bertz CT molecular complexity index is 2680. The highest BCUT2D eigenvalue weighted by atomic mass is 16.3. The first-order valence-electron chi connectivity index (χ1n) is 19.8. The Morgan fingerprint density at radius 1 is 0.696 bits per heavy atom. The predicted octanol–water partition coefficient (Wildman–Crippen LogP) is 11.9. The quantitative estimate of drug-likeness (QED) is 0.119. The van der Waals surface area contributed by atoms with Crippen molar-refractivity contribution >= 4 is 28.0 Å². The van der Waals surface area contributed by atoms with Crippen molar-refractivity contribution < 1.29 is 5.11 Å². The molecular formula is C52H43N3O. The van der Waals surface area contributed by atoms with E-state index in [1.165, 1.54) is 16.7 Å². The third kappa shape index (κ3) is 5.64. The summed E-state index contributed by atoms with van der Waals surface area (Å²) < 4.78 is 2.40. The Morgan fingerprint density at radius 2 is 1.38 bits per heavy atom. The van der Waals surface area contributed by atoms with Gasteiger partial charge >= 0.3 is 0 Å². The number of hydrazone groups is 1. The van der Waals surface area contributed by atoms with Gasteiger partial charge in [-0.1, -0.05) is 164 Å². The van der Waals surface area contributed by atoms with E-state index < -0.39 is 5.41 Å². The minimum atomic E-state index is -0.655. The van der Waals surface area contributed by atoms with Crippen molar-refractivity contribution in [2.45, 2.75) is 24.8 Å². The molecule has 1 aromatic heterocycles. The molecular weight excluding hydrogens is 683 g/mol. The fourth-order valence-electron chi connectivity index (χ4n) is 9.31. The van der Waals surface area contributed by atoms with Gasteiger partial charge in [-0.3, -0.25) is 5.01 Å². The smallest absolute Gasteiger partial charge is 0.133 e. The molecule has 1 N–H and O–H groups in total. The summed E-state index contributed by atoms with van der Waals surface area (Å²) in [6.45, 7) is 1.47. The van der Waals surface area contributed by atoms with E-state index >= 15 is 0 Å². The molecule has 2 heterocycles. The molecule has 272 valence electrons. The Kier molecular flexibility index (Phi) is 8.60. The summed E-state index contributed by atoms with van der Waals surface area (Å²) in [5.41, 5.74) is 10.3. The zero-order chi connectivity index (χ0) is 37.5. The molecule has 0 spiro atoms. The van der Waals surface area contributed by atoms with E-state index in [4.69, 9.17) is 5.10 Å². The molecule has 1 aliphatic heterocycles. The predicted molar refractivity (Wildman–Crippen MR) is 231 cm³/mol. The van der Waals surface area contributed by atoms with Crippen LogP contribution in [0.3, 0.4) is 0 Å². The highest BCUT2D eigenvalue weighted by Crippen LogP contribution is 2.57. The Hall–Kier alpha value is -6.65. The van der Waals surface area contributed by atoms with Gasteiger partial charge in [-0.15, -0.1) is 0 Å². The van der Waals surface area contributed by atoms with Crippen molar-refractivity contribution in [2.24, 2.45) is 16.9 Å². The number of hydrogen-bond donors (Lipinski definition) is 1. The molecule has 0 bridgehead atoms. The van der Waals surface area contributed by atoms with Gasteiger partial charge in [-0.2, -0.15) is 5.10 Å². The Labute approximate surface area is 328 Å². The van der Waals surface area contributed by atoms with Gasteiger partial charge in [0.25, 0.3) is 0 Å². The number of nitrogens with zero attached hydrogens (tertiary/aromatic N) is 3. The number of aromatic hydroxyl groups is 1. The van der Waals surface area contributed by atoms with Crippen LogP contribution < -0.4 is 0 Å². The maximum Gasteiger partial charge on any atom is 0.133 e. The normalized spacial score (nSPS) is 17.9. The molecule has 2 aliphatic carbocycles. The van der Waals surface area contributed by atoms with E-state index in [1.807, 2.05) is 6.07 Å². The number of phenolic OH excluding ortho intramolecular Hbond substituents is 1. The topological polar surface area (TPSA) is 40.8 Å². The molecule has 0 amide bonds. The lowest BCUT2D eigenvalue weighted by molar-refractivity contribution is 0.251. The molecule has 4 nitrogen and oxygen atoms in total. The SMILES string of the molecule is Oc1c(-c2ccccc2)cc2c3c1c1cc(CN(CC4C=CC=CC4)/N=C/C4C=CC=CC4)ccc1n3-c1ccccc1C2(c1ccccc1)c1ccccc1. The van der Waals surface area contributed by atoms with Crippen molar-refractivity contribution in [1.82, 2.24) is 9.58 Å². The molecule has 10 rings (SSSR count). The van der Waals surface area contributed by atoms with Gasteiger partial charge < -0.3 is 9.67 Å². The van der Waals surface area contributed by atoms with E-state index in [0.717, 1.165) is 69.1 Å². The fourth-order valence-corrected chi connectivity index (χ4v) is 9.31. The van der Waals surface area contributed by atoms with Gasteiger partial charge in [0, 0.05) is 29.6 Å². The van der Waals surface area contributed by atoms with Crippen LogP contribution in [0.5, 0.6) is 5.75 Å². The van der Waals surface area contributed by atoms with Gasteiger partial charge in [0.05, 0.1) is 34.1 Å². The Balaban J connectivity index is 1.23. The first-order chi connectivity index (χ1) is 27.7. The van der Waals surface area contributed by atoms with Gasteiger partial charge in [-0.05, 0) is 76.4 Å². The Morgan fingerprint density at radius 3 is 2.07 bits per heavy atom. The lowest BCUT2D eigenvalue weighted by Crippen LogP contribution is -2.35. The van der Waals surface area contributed by atoms with Crippen molar-refractivity contribution in [2.75, 3.05) is 6.54 Å². The second-order valence-electron chi connectivity index (χ2n) is 15.2. The van der Waals surface area contributed by atoms with Crippen LogP contribution in [0.1, 0.15) is 40.7 Å². The van der Waals surface area contributed by atoms with Crippen LogP contribution in [-0.4, -0.2) is 27.4 Å². The molecule has 2 unspecified atom stereocenters. The third-order valence-electron chi connectivity index (χ3n) is 11.8. The van der Waals surface area contributed by atoms with Crippen LogP contribution in [0.4, 0.5) is 0 Å². The van der Waals surface area contributed by atoms with E-state index in [2.05, 4.69) is 198 Å². The molecule has 56 heavy (non-hydrogen) atoms. The summed E-state index contributed by atoms with van der Waals surface area (Å²) in [7, 11) is 0. The summed E-state index contributed by atoms with van der Waals surface area (Å²) in [5.74, 6) is 0.975. The van der Waals surface area contributed by atoms with E-state index in [-0.39, 0.29) is 5.92 Å². The van der Waals surface area contributed by atoms with Crippen LogP contribution in [0.2, 0.25) is 0 Å². The standard InChI is InChI=1S/C52H43N3O/c56-51-43(40-22-10-3-11-23-40)33-46-50-49(51)44-32-39(36-54(35-38-20-8-2-9-21-38)53-34-37-18-6-1-7-19-37)30-31-47(44)55(50)48-29-17-16-28-45(48)52(46,41-24-12-4-13-25-41)42-26-14-5-15-27-42/h1-18,20,22-34,37-38,56H,19,21,35-36H2/b53-34+. The number of fused-ring (bicyclic) bond motifs is 5. The maximum absolute atomic E-state index is 12.7. The first-order valence-corrected chi connectivity index (χ1v) is 19.8. The number of phenols is 1. The molecule has 3 aliphatic rings. The minimum absolute atomic E-state index is 0.285. The van der Waals surface area contributed by atoms with Gasteiger partial charge in [0.2, 0.25) is 0 Å². The molecule has 4 heteroatoms. The summed E-state index contributed by atoms with van der Waals surface area (Å²) in [4.78, 5) is 0. The molecule has 7 aromatic rings. The molecule has 6 aromatic carbocycles. The van der Waals surface area contributed by atoms with Gasteiger partial charge in [0.15, 0.2) is 0 Å². The minimum Gasteiger partial charge on any atom is -0.507 e. The number of aromatic nitrogens is 1. The van der Waals surface area contributed by atoms with E-state index in [1.54, 1.807) is 0 Å². The summed E-state index contributed by atoms with van der Waals surface area (Å²) in [5, 5.41) is 21.9. The van der Waals surface area contributed by atoms with Crippen molar-refractivity contribution in [3.05, 3.63) is 216 Å². The van der Waals surface area contributed by atoms with Crippen molar-refractivity contribution in [3.63, 3.8) is 0 Å². The molecule has 0 saturated heterocycles. The highest BCUT2D eigenvalue weighted by molar-refractivity contribution is 6.17. The number of rotatable bonds is 9. The zero-order valence-electron chi connectivity index (χ0n) is 31.2.